The Kier molecular flexibility index (Phi) is 7.75. The minimum absolute atomic E-state index is 0.264. The second-order valence-corrected chi connectivity index (χ2v) is 9.90. The number of anilines is 2. The molecule has 0 unspecified atom stereocenters. The molecule has 0 aliphatic carbocycles. The number of nitrogens with one attached hydrogen (secondary N) is 2. The lowest BCUT2D eigenvalue weighted by molar-refractivity contribution is -0.120. The first-order valence-electron chi connectivity index (χ1n) is 12.4. The predicted octanol–water partition coefficient (Wildman–Crippen LogP) is 5.55. The SMILES string of the molecule is CN(C(=O)[C@H](Cc1ccccc1)NC(=O)c1cccc(C(=O)Nc2ccccc2)c1)c1ccc2scnc2c1. The minimum Gasteiger partial charge on any atom is -0.340 e. The molecule has 39 heavy (non-hydrogen) atoms. The van der Waals surface area contributed by atoms with E-state index < -0.39 is 11.9 Å². The number of benzene rings is 4. The monoisotopic (exact) mass is 534 g/mol. The molecule has 0 aliphatic heterocycles. The molecule has 0 spiro atoms. The summed E-state index contributed by atoms with van der Waals surface area (Å²) in [5.74, 6) is -1.04. The third-order valence-electron chi connectivity index (χ3n) is 6.34. The molecule has 194 valence electrons. The third kappa shape index (κ3) is 6.19. The number of fused-ring (bicyclic) bond motifs is 1. The molecule has 0 bridgehead atoms. The maximum atomic E-state index is 13.7. The van der Waals surface area contributed by atoms with E-state index >= 15 is 0 Å². The summed E-state index contributed by atoms with van der Waals surface area (Å²) in [6.45, 7) is 0. The third-order valence-corrected chi connectivity index (χ3v) is 7.15. The number of para-hydroxylation sites is 1. The van der Waals surface area contributed by atoms with Crippen LogP contribution in [0.25, 0.3) is 10.2 Å². The summed E-state index contributed by atoms with van der Waals surface area (Å²) in [5.41, 5.74) is 5.46. The van der Waals surface area contributed by atoms with Crippen LogP contribution in [-0.2, 0) is 11.2 Å². The van der Waals surface area contributed by atoms with Crippen molar-refractivity contribution < 1.29 is 14.4 Å². The van der Waals surface area contributed by atoms with Gasteiger partial charge in [0, 0.05) is 36.0 Å². The number of nitrogens with zero attached hydrogens (tertiary/aromatic N) is 2. The Bertz CT molecular complexity index is 1620. The lowest BCUT2D eigenvalue weighted by Gasteiger charge is -2.25. The number of carbonyl (C=O) groups is 3. The van der Waals surface area contributed by atoms with Gasteiger partial charge in [0.1, 0.15) is 6.04 Å². The van der Waals surface area contributed by atoms with Gasteiger partial charge in [0.15, 0.2) is 0 Å². The van der Waals surface area contributed by atoms with E-state index in [9.17, 15) is 14.4 Å². The zero-order chi connectivity index (χ0) is 27.2. The van der Waals surface area contributed by atoms with Crippen LogP contribution in [0, 0.1) is 0 Å². The largest absolute Gasteiger partial charge is 0.340 e. The van der Waals surface area contributed by atoms with E-state index in [1.165, 1.54) is 22.3 Å². The summed E-state index contributed by atoms with van der Waals surface area (Å²) in [4.78, 5) is 45.7. The molecule has 8 heteroatoms. The molecule has 4 aromatic carbocycles. The molecule has 1 heterocycles. The van der Waals surface area contributed by atoms with Crippen LogP contribution in [-0.4, -0.2) is 35.8 Å². The van der Waals surface area contributed by atoms with E-state index in [4.69, 9.17) is 0 Å². The van der Waals surface area contributed by atoms with Crippen LogP contribution in [0.3, 0.4) is 0 Å². The molecule has 7 nitrogen and oxygen atoms in total. The maximum absolute atomic E-state index is 13.7. The Morgan fingerprint density at radius 2 is 1.51 bits per heavy atom. The molecule has 1 atom stereocenters. The van der Waals surface area contributed by atoms with Crippen LogP contribution in [0.15, 0.2) is 109 Å². The quantitative estimate of drug-likeness (QED) is 0.273. The number of carbonyl (C=O) groups excluding carboxylic acids is 3. The van der Waals surface area contributed by atoms with Crippen molar-refractivity contribution in [3.05, 3.63) is 125 Å². The Labute approximate surface area is 230 Å². The number of aromatic nitrogens is 1. The van der Waals surface area contributed by atoms with Gasteiger partial charge in [0.25, 0.3) is 11.8 Å². The smallest absolute Gasteiger partial charge is 0.255 e. The first kappa shape index (κ1) is 25.8. The van der Waals surface area contributed by atoms with Crippen molar-refractivity contribution in [3.8, 4) is 0 Å². The van der Waals surface area contributed by atoms with Gasteiger partial charge in [0.05, 0.1) is 15.7 Å². The molecule has 2 N–H and O–H groups in total. The highest BCUT2D eigenvalue weighted by atomic mass is 32.1. The highest BCUT2D eigenvalue weighted by Crippen LogP contribution is 2.24. The van der Waals surface area contributed by atoms with Gasteiger partial charge in [-0.15, -0.1) is 11.3 Å². The van der Waals surface area contributed by atoms with Crippen molar-refractivity contribution in [3.63, 3.8) is 0 Å². The topological polar surface area (TPSA) is 91.4 Å². The van der Waals surface area contributed by atoms with Gasteiger partial charge in [-0.25, -0.2) is 4.98 Å². The zero-order valence-corrected chi connectivity index (χ0v) is 22.0. The van der Waals surface area contributed by atoms with Gasteiger partial charge in [-0.05, 0) is 54.1 Å². The molecule has 5 aromatic rings. The summed E-state index contributed by atoms with van der Waals surface area (Å²) in [6.07, 6.45) is 0.308. The van der Waals surface area contributed by atoms with Gasteiger partial charge < -0.3 is 15.5 Å². The lowest BCUT2D eigenvalue weighted by Crippen LogP contribution is -2.48. The minimum atomic E-state index is -0.835. The van der Waals surface area contributed by atoms with Crippen LogP contribution in [0.2, 0.25) is 0 Å². The van der Waals surface area contributed by atoms with Crippen LogP contribution >= 0.6 is 11.3 Å². The number of hydrogen-bond donors (Lipinski definition) is 2. The van der Waals surface area contributed by atoms with Gasteiger partial charge in [-0.3, -0.25) is 14.4 Å². The maximum Gasteiger partial charge on any atom is 0.255 e. The summed E-state index contributed by atoms with van der Waals surface area (Å²) in [5, 5.41) is 5.73. The van der Waals surface area contributed by atoms with E-state index in [0.717, 1.165) is 15.8 Å². The van der Waals surface area contributed by atoms with E-state index in [1.54, 1.807) is 42.9 Å². The Morgan fingerprint density at radius 1 is 0.821 bits per heavy atom. The van der Waals surface area contributed by atoms with E-state index in [1.807, 2.05) is 66.7 Å². The Hall–Kier alpha value is -4.82. The van der Waals surface area contributed by atoms with Crippen molar-refractivity contribution in [2.24, 2.45) is 0 Å². The highest BCUT2D eigenvalue weighted by Gasteiger charge is 2.26. The van der Waals surface area contributed by atoms with E-state index in [0.29, 0.717) is 23.4 Å². The van der Waals surface area contributed by atoms with E-state index in [2.05, 4.69) is 15.6 Å². The summed E-state index contributed by atoms with van der Waals surface area (Å²) < 4.78 is 1.03. The molecule has 1 aromatic heterocycles. The number of thiazole rings is 1. The van der Waals surface area contributed by atoms with Crippen LogP contribution in [0.4, 0.5) is 11.4 Å². The summed E-state index contributed by atoms with van der Waals surface area (Å²) in [6, 6.07) is 29.9. The van der Waals surface area contributed by atoms with E-state index in [-0.39, 0.29) is 17.4 Å². The molecular formula is C31H26N4O3S. The van der Waals surface area contributed by atoms with Crippen molar-refractivity contribution >= 4 is 50.6 Å². The van der Waals surface area contributed by atoms with Crippen molar-refractivity contribution in [2.75, 3.05) is 17.3 Å². The summed E-state index contributed by atoms with van der Waals surface area (Å²) in [7, 11) is 1.69. The molecule has 0 fully saturated rings. The fraction of sp³-hybridized carbons (Fsp3) is 0.0968. The van der Waals surface area contributed by atoms with Crippen LogP contribution in [0.5, 0.6) is 0 Å². The number of hydrogen-bond acceptors (Lipinski definition) is 5. The predicted molar refractivity (Wildman–Crippen MR) is 155 cm³/mol. The molecular weight excluding hydrogens is 508 g/mol. The molecule has 3 amide bonds. The Balaban J connectivity index is 1.36. The zero-order valence-electron chi connectivity index (χ0n) is 21.2. The normalized spacial score (nSPS) is 11.5. The molecule has 0 radical (unpaired) electrons. The standard InChI is InChI=1S/C31H26N4O3S/c1-35(25-15-16-28-26(19-25)32-20-39-28)31(38)27(17-21-9-4-2-5-10-21)34-30(37)23-12-8-11-22(18-23)29(36)33-24-13-6-3-7-14-24/h2-16,18-20,27H,17H2,1H3,(H,33,36)(H,34,37)/t27-/m0/s1. The van der Waals surface area contributed by atoms with Crippen LogP contribution in [0.1, 0.15) is 26.3 Å². The van der Waals surface area contributed by atoms with Gasteiger partial charge in [-0.2, -0.15) is 0 Å². The van der Waals surface area contributed by atoms with Crippen molar-refractivity contribution in [1.82, 2.24) is 10.3 Å². The highest BCUT2D eigenvalue weighted by molar-refractivity contribution is 7.16. The van der Waals surface area contributed by atoms with Crippen molar-refractivity contribution in [1.29, 1.82) is 0 Å². The number of amides is 3. The molecule has 0 saturated heterocycles. The number of rotatable bonds is 8. The number of likely N-dealkylation sites (N-methyl/N-ethyl adjacent to an activating group) is 1. The average molecular weight is 535 g/mol. The fourth-order valence-corrected chi connectivity index (χ4v) is 4.89. The van der Waals surface area contributed by atoms with Gasteiger partial charge in [-0.1, -0.05) is 54.6 Å². The molecule has 5 rings (SSSR count). The van der Waals surface area contributed by atoms with Crippen molar-refractivity contribution in [2.45, 2.75) is 12.5 Å². The van der Waals surface area contributed by atoms with Crippen LogP contribution < -0.4 is 15.5 Å². The average Bonchev–Trinajstić information content (AvgIpc) is 3.45. The molecule has 0 aliphatic rings. The van der Waals surface area contributed by atoms with Gasteiger partial charge in [0.2, 0.25) is 5.91 Å². The molecule has 0 saturated carbocycles. The lowest BCUT2D eigenvalue weighted by atomic mass is 10.0. The fourth-order valence-electron chi connectivity index (χ4n) is 4.23. The summed E-state index contributed by atoms with van der Waals surface area (Å²) >= 11 is 1.53. The first-order valence-corrected chi connectivity index (χ1v) is 13.3. The Morgan fingerprint density at radius 3 is 2.26 bits per heavy atom. The second-order valence-electron chi connectivity index (χ2n) is 9.02. The van der Waals surface area contributed by atoms with Gasteiger partial charge >= 0.3 is 0 Å². The second kappa shape index (κ2) is 11.7. The first-order chi connectivity index (χ1) is 19.0.